The molecule has 0 radical (unpaired) electrons. The van der Waals surface area contributed by atoms with E-state index in [1.165, 1.54) is 5.56 Å². The highest BCUT2D eigenvalue weighted by molar-refractivity contribution is 5.14. The summed E-state index contributed by atoms with van der Waals surface area (Å²) in [7, 11) is 0. The molecular formula is C14H25N. The smallest absolute Gasteiger partial charge is 0.000824 e. The Hall–Kier alpha value is -0.820. The van der Waals surface area contributed by atoms with Crippen molar-refractivity contribution in [3.05, 3.63) is 35.9 Å². The van der Waals surface area contributed by atoms with Gasteiger partial charge in [0.25, 0.3) is 0 Å². The van der Waals surface area contributed by atoms with Gasteiger partial charge < -0.3 is 5.32 Å². The van der Waals surface area contributed by atoms with E-state index < -0.39 is 0 Å². The number of rotatable bonds is 5. The van der Waals surface area contributed by atoms with Crippen LogP contribution in [0.15, 0.2) is 30.3 Å². The molecule has 1 N–H and O–H groups in total. The highest BCUT2D eigenvalue weighted by Gasteiger charge is 1.93. The quantitative estimate of drug-likeness (QED) is 0.729. The Labute approximate surface area is 94.9 Å². The van der Waals surface area contributed by atoms with Crippen LogP contribution in [0.5, 0.6) is 0 Å². The average molecular weight is 207 g/mol. The van der Waals surface area contributed by atoms with Crippen molar-refractivity contribution in [2.75, 3.05) is 13.1 Å². The highest BCUT2D eigenvalue weighted by atomic mass is 14.8. The van der Waals surface area contributed by atoms with Crippen LogP contribution >= 0.6 is 0 Å². The molecule has 1 nitrogen and oxygen atoms in total. The van der Waals surface area contributed by atoms with Gasteiger partial charge in [-0.05, 0) is 31.0 Å². The maximum atomic E-state index is 3.43. The van der Waals surface area contributed by atoms with Crippen molar-refractivity contribution in [1.82, 2.24) is 5.32 Å². The summed E-state index contributed by atoms with van der Waals surface area (Å²) in [6, 6.07) is 10.6. The first-order valence-electron chi connectivity index (χ1n) is 6.03. The van der Waals surface area contributed by atoms with Crippen LogP contribution in [0.1, 0.15) is 33.3 Å². The van der Waals surface area contributed by atoms with Crippen molar-refractivity contribution in [3.8, 4) is 0 Å². The Morgan fingerprint density at radius 2 is 1.67 bits per heavy atom. The minimum atomic E-state index is 0.746. The summed E-state index contributed by atoms with van der Waals surface area (Å²) >= 11 is 0. The van der Waals surface area contributed by atoms with Crippen LogP contribution in [0.2, 0.25) is 0 Å². The zero-order chi connectivity index (χ0) is 11.5. The fourth-order valence-electron chi connectivity index (χ4n) is 1.27. The van der Waals surface area contributed by atoms with E-state index in [1.807, 2.05) is 13.8 Å². The zero-order valence-electron chi connectivity index (χ0n) is 10.6. The molecule has 0 aromatic heterocycles. The maximum Gasteiger partial charge on any atom is -0.000824 e. The largest absolute Gasteiger partial charge is 0.316 e. The molecule has 0 fully saturated rings. The van der Waals surface area contributed by atoms with E-state index in [1.54, 1.807) is 0 Å². The lowest BCUT2D eigenvalue weighted by molar-refractivity contribution is 0.554. The predicted octanol–water partition coefficient (Wildman–Crippen LogP) is 3.50. The second kappa shape index (κ2) is 9.72. The molecule has 0 heterocycles. The SMILES string of the molecule is CC.CC(C)CNCCc1ccccc1. The zero-order valence-corrected chi connectivity index (χ0v) is 10.6. The van der Waals surface area contributed by atoms with E-state index in [0.717, 1.165) is 25.4 Å². The Bertz CT molecular complexity index is 216. The van der Waals surface area contributed by atoms with Crippen LogP contribution in [0.3, 0.4) is 0 Å². The third-order valence-corrected chi connectivity index (χ3v) is 1.99. The third-order valence-electron chi connectivity index (χ3n) is 1.99. The van der Waals surface area contributed by atoms with E-state index in [4.69, 9.17) is 0 Å². The molecule has 1 rings (SSSR count). The normalized spacial score (nSPS) is 9.67. The predicted molar refractivity (Wildman–Crippen MR) is 69.2 cm³/mol. The highest BCUT2D eigenvalue weighted by Crippen LogP contribution is 1.98. The Balaban J connectivity index is 0.000000921. The van der Waals surface area contributed by atoms with Gasteiger partial charge in [-0.3, -0.25) is 0 Å². The summed E-state index contributed by atoms with van der Waals surface area (Å²) in [5.74, 6) is 0.746. The maximum absolute atomic E-state index is 3.43. The molecule has 0 aliphatic carbocycles. The van der Waals surface area contributed by atoms with Gasteiger partial charge in [0.05, 0.1) is 0 Å². The van der Waals surface area contributed by atoms with Crippen LogP contribution in [-0.4, -0.2) is 13.1 Å². The molecule has 1 heteroatoms. The monoisotopic (exact) mass is 207 g/mol. The topological polar surface area (TPSA) is 12.0 Å². The molecule has 0 bridgehead atoms. The van der Waals surface area contributed by atoms with Crippen molar-refractivity contribution in [2.45, 2.75) is 34.1 Å². The number of nitrogens with one attached hydrogen (secondary N) is 1. The van der Waals surface area contributed by atoms with Crippen LogP contribution in [0.4, 0.5) is 0 Å². The molecule has 0 unspecified atom stereocenters. The summed E-state index contributed by atoms with van der Waals surface area (Å²) in [5, 5.41) is 3.43. The number of hydrogen-bond acceptors (Lipinski definition) is 1. The van der Waals surface area contributed by atoms with Crippen molar-refractivity contribution in [2.24, 2.45) is 5.92 Å². The number of benzene rings is 1. The van der Waals surface area contributed by atoms with E-state index >= 15 is 0 Å². The van der Waals surface area contributed by atoms with E-state index in [9.17, 15) is 0 Å². The fraction of sp³-hybridized carbons (Fsp3) is 0.571. The van der Waals surface area contributed by atoms with Gasteiger partial charge in [0.2, 0.25) is 0 Å². The van der Waals surface area contributed by atoms with Gasteiger partial charge in [0.15, 0.2) is 0 Å². The van der Waals surface area contributed by atoms with Crippen molar-refractivity contribution in [1.29, 1.82) is 0 Å². The Kier molecular flexibility index (Phi) is 9.19. The first-order valence-corrected chi connectivity index (χ1v) is 6.03. The lowest BCUT2D eigenvalue weighted by Crippen LogP contribution is -2.22. The second-order valence-corrected chi connectivity index (χ2v) is 3.83. The summed E-state index contributed by atoms with van der Waals surface area (Å²) < 4.78 is 0. The summed E-state index contributed by atoms with van der Waals surface area (Å²) in [6.07, 6.45) is 1.13. The molecule has 15 heavy (non-hydrogen) atoms. The van der Waals surface area contributed by atoms with Gasteiger partial charge in [-0.1, -0.05) is 58.0 Å². The third kappa shape index (κ3) is 8.19. The lowest BCUT2D eigenvalue weighted by atomic mass is 10.1. The summed E-state index contributed by atoms with van der Waals surface area (Å²) in [5.41, 5.74) is 1.42. The Morgan fingerprint density at radius 3 is 2.20 bits per heavy atom. The molecule has 0 aliphatic heterocycles. The van der Waals surface area contributed by atoms with Crippen LogP contribution < -0.4 is 5.32 Å². The van der Waals surface area contributed by atoms with Gasteiger partial charge in [-0.15, -0.1) is 0 Å². The molecule has 0 atom stereocenters. The minimum absolute atomic E-state index is 0.746. The van der Waals surface area contributed by atoms with Crippen molar-refractivity contribution in [3.63, 3.8) is 0 Å². The second-order valence-electron chi connectivity index (χ2n) is 3.83. The molecule has 1 aromatic rings. The average Bonchev–Trinajstić information content (AvgIpc) is 2.28. The van der Waals surface area contributed by atoms with E-state index in [2.05, 4.69) is 49.5 Å². The number of hydrogen-bond donors (Lipinski definition) is 1. The van der Waals surface area contributed by atoms with Crippen molar-refractivity contribution >= 4 is 0 Å². The molecule has 0 saturated carbocycles. The van der Waals surface area contributed by atoms with Gasteiger partial charge in [0.1, 0.15) is 0 Å². The summed E-state index contributed by atoms with van der Waals surface area (Å²) in [6.45, 7) is 10.7. The standard InChI is InChI=1S/C12H19N.C2H6/c1-11(2)10-13-9-8-12-6-4-3-5-7-12;1-2/h3-7,11,13H,8-10H2,1-2H3;1-2H3. The van der Waals surface area contributed by atoms with Crippen LogP contribution in [0, 0.1) is 5.92 Å². The van der Waals surface area contributed by atoms with E-state index in [0.29, 0.717) is 0 Å². The molecular weight excluding hydrogens is 182 g/mol. The lowest BCUT2D eigenvalue weighted by Gasteiger charge is -2.06. The van der Waals surface area contributed by atoms with E-state index in [-0.39, 0.29) is 0 Å². The first kappa shape index (κ1) is 14.2. The van der Waals surface area contributed by atoms with Crippen LogP contribution in [0.25, 0.3) is 0 Å². The first-order chi connectivity index (χ1) is 7.29. The summed E-state index contributed by atoms with van der Waals surface area (Å²) in [4.78, 5) is 0. The fourth-order valence-corrected chi connectivity index (χ4v) is 1.27. The van der Waals surface area contributed by atoms with Gasteiger partial charge in [-0.25, -0.2) is 0 Å². The van der Waals surface area contributed by atoms with Crippen molar-refractivity contribution < 1.29 is 0 Å². The molecule has 0 saturated heterocycles. The molecule has 0 spiro atoms. The molecule has 86 valence electrons. The molecule has 1 aromatic carbocycles. The Morgan fingerprint density at radius 1 is 1.07 bits per heavy atom. The van der Waals surface area contributed by atoms with Crippen LogP contribution in [-0.2, 0) is 6.42 Å². The molecule has 0 amide bonds. The van der Waals surface area contributed by atoms with Gasteiger partial charge in [0, 0.05) is 0 Å². The minimum Gasteiger partial charge on any atom is -0.316 e. The molecule has 0 aliphatic rings. The van der Waals surface area contributed by atoms with Gasteiger partial charge in [-0.2, -0.15) is 0 Å². The van der Waals surface area contributed by atoms with Gasteiger partial charge >= 0.3 is 0 Å².